The molecule has 0 aliphatic heterocycles. The Labute approximate surface area is 190 Å². The van der Waals surface area contributed by atoms with Crippen LogP contribution in [0.15, 0.2) is 59.6 Å². The van der Waals surface area contributed by atoms with Crippen molar-refractivity contribution in [3.8, 4) is 5.75 Å². The van der Waals surface area contributed by atoms with Gasteiger partial charge in [-0.2, -0.15) is 0 Å². The number of benzene rings is 2. The van der Waals surface area contributed by atoms with Gasteiger partial charge in [0.25, 0.3) is 5.91 Å². The average Bonchev–Trinajstić information content (AvgIpc) is 2.72. The second-order valence-electron chi connectivity index (χ2n) is 6.67. The zero-order chi connectivity index (χ0) is 20.2. The summed E-state index contributed by atoms with van der Waals surface area (Å²) >= 11 is 0. The second-order valence-corrected chi connectivity index (χ2v) is 6.67. The van der Waals surface area contributed by atoms with Crippen LogP contribution in [0.3, 0.4) is 0 Å². The summed E-state index contributed by atoms with van der Waals surface area (Å²) in [6.07, 6.45) is 2.07. The normalized spacial score (nSPS) is 10.7. The first-order valence-corrected chi connectivity index (χ1v) is 9.49. The van der Waals surface area contributed by atoms with Crippen LogP contribution in [-0.4, -0.2) is 51.1 Å². The lowest BCUT2D eigenvalue weighted by Crippen LogP contribution is -2.37. The first-order valence-electron chi connectivity index (χ1n) is 9.49. The molecule has 1 amide bonds. The van der Waals surface area contributed by atoms with Crippen molar-refractivity contribution in [3.63, 3.8) is 0 Å². The van der Waals surface area contributed by atoms with E-state index in [0.29, 0.717) is 12.3 Å². The molecule has 0 spiro atoms. The molecular weight excluding hydrogens is 479 g/mol. The van der Waals surface area contributed by atoms with Crippen LogP contribution in [0.4, 0.5) is 0 Å². The van der Waals surface area contributed by atoms with Gasteiger partial charge in [-0.05, 0) is 36.1 Å². The highest BCUT2D eigenvalue weighted by Gasteiger charge is 2.05. The molecular formula is C22H31IN4O2. The number of carbonyl (C=O) groups is 1. The van der Waals surface area contributed by atoms with E-state index in [1.165, 1.54) is 10.5 Å². The third kappa shape index (κ3) is 9.65. The Hall–Kier alpha value is -2.29. The number of aryl methyl sites for hydroxylation is 1. The zero-order valence-corrected chi connectivity index (χ0v) is 19.7. The van der Waals surface area contributed by atoms with Gasteiger partial charge in [-0.25, -0.2) is 0 Å². The Morgan fingerprint density at radius 1 is 1.03 bits per heavy atom. The molecule has 6 nitrogen and oxygen atoms in total. The van der Waals surface area contributed by atoms with E-state index < -0.39 is 0 Å². The third-order valence-electron chi connectivity index (χ3n) is 4.22. The molecule has 0 bridgehead atoms. The summed E-state index contributed by atoms with van der Waals surface area (Å²) in [5.74, 6) is 1.38. The lowest BCUT2D eigenvalue weighted by molar-refractivity contribution is -0.130. The molecule has 7 heteroatoms. The Balaban J connectivity index is 0.00000420. The van der Waals surface area contributed by atoms with E-state index in [-0.39, 0.29) is 36.5 Å². The molecule has 0 atom stereocenters. The number of likely N-dealkylation sites (N-methyl/N-ethyl adjacent to an activating group) is 1. The second kappa shape index (κ2) is 13.8. The molecule has 0 fully saturated rings. The first kappa shape index (κ1) is 24.7. The van der Waals surface area contributed by atoms with Crippen LogP contribution in [-0.2, 0) is 17.8 Å². The number of ether oxygens (including phenoxy) is 1. The largest absolute Gasteiger partial charge is 0.484 e. The van der Waals surface area contributed by atoms with Crippen LogP contribution >= 0.6 is 24.0 Å². The van der Waals surface area contributed by atoms with Gasteiger partial charge in [0.1, 0.15) is 5.75 Å². The fourth-order valence-electron chi connectivity index (χ4n) is 2.57. The predicted molar refractivity (Wildman–Crippen MR) is 129 cm³/mol. The number of nitrogens with zero attached hydrogens (tertiary/aromatic N) is 2. The molecule has 2 aromatic rings. The number of carbonyl (C=O) groups excluding carboxylic acids is 1. The SMILES string of the molecule is CN=C(NCCCc1ccccc1)NCc1cccc(OCC(=O)N(C)C)c1.I. The van der Waals surface area contributed by atoms with Gasteiger partial charge in [0.05, 0.1) is 0 Å². The summed E-state index contributed by atoms with van der Waals surface area (Å²) in [6, 6.07) is 18.2. The van der Waals surface area contributed by atoms with Gasteiger partial charge >= 0.3 is 0 Å². The summed E-state index contributed by atoms with van der Waals surface area (Å²) in [5.41, 5.74) is 2.40. The number of hydrogen-bond acceptors (Lipinski definition) is 3. The number of amides is 1. The van der Waals surface area contributed by atoms with Crippen LogP contribution in [0.25, 0.3) is 0 Å². The molecule has 158 valence electrons. The number of rotatable bonds is 9. The quantitative estimate of drug-likeness (QED) is 0.236. The third-order valence-corrected chi connectivity index (χ3v) is 4.22. The van der Waals surface area contributed by atoms with Crippen molar-refractivity contribution in [2.45, 2.75) is 19.4 Å². The minimum atomic E-state index is -0.0661. The van der Waals surface area contributed by atoms with Gasteiger partial charge < -0.3 is 20.3 Å². The van der Waals surface area contributed by atoms with Crippen LogP contribution in [0, 0.1) is 0 Å². The molecule has 2 aromatic carbocycles. The highest BCUT2D eigenvalue weighted by Crippen LogP contribution is 2.13. The Morgan fingerprint density at radius 3 is 2.45 bits per heavy atom. The van der Waals surface area contributed by atoms with E-state index >= 15 is 0 Å². The molecule has 29 heavy (non-hydrogen) atoms. The smallest absolute Gasteiger partial charge is 0.259 e. The van der Waals surface area contributed by atoms with Crippen LogP contribution in [0.1, 0.15) is 17.5 Å². The van der Waals surface area contributed by atoms with Gasteiger partial charge in [0.15, 0.2) is 12.6 Å². The van der Waals surface area contributed by atoms with Crippen LogP contribution in [0.2, 0.25) is 0 Å². The molecule has 0 aromatic heterocycles. The molecule has 2 rings (SSSR count). The number of guanidine groups is 1. The molecule has 0 saturated carbocycles. The van der Waals surface area contributed by atoms with Gasteiger partial charge in [-0.15, -0.1) is 24.0 Å². The van der Waals surface area contributed by atoms with E-state index in [0.717, 1.165) is 30.9 Å². The summed E-state index contributed by atoms with van der Waals surface area (Å²) in [7, 11) is 5.19. The molecule has 0 unspecified atom stereocenters. The van der Waals surface area contributed by atoms with Crippen molar-refractivity contribution in [2.75, 3.05) is 34.3 Å². The standard InChI is InChI=1S/C22H30N4O2.HI/c1-23-22(24-14-8-12-18-9-5-4-6-10-18)25-16-19-11-7-13-20(15-19)28-17-21(27)26(2)3;/h4-7,9-11,13,15H,8,12,14,16-17H2,1-3H3,(H2,23,24,25);1H. The Morgan fingerprint density at radius 2 is 1.76 bits per heavy atom. The highest BCUT2D eigenvalue weighted by atomic mass is 127. The fraction of sp³-hybridized carbons (Fsp3) is 0.364. The van der Waals surface area contributed by atoms with Crippen molar-refractivity contribution in [1.82, 2.24) is 15.5 Å². The van der Waals surface area contributed by atoms with Crippen molar-refractivity contribution in [1.29, 1.82) is 0 Å². The lowest BCUT2D eigenvalue weighted by Gasteiger charge is -2.14. The van der Waals surface area contributed by atoms with Gasteiger partial charge in [-0.3, -0.25) is 9.79 Å². The van der Waals surface area contributed by atoms with Crippen LogP contribution < -0.4 is 15.4 Å². The maximum absolute atomic E-state index is 11.6. The van der Waals surface area contributed by atoms with E-state index in [9.17, 15) is 4.79 Å². The van der Waals surface area contributed by atoms with E-state index in [4.69, 9.17) is 4.74 Å². The summed E-state index contributed by atoms with van der Waals surface area (Å²) < 4.78 is 5.56. The Bertz CT molecular complexity index is 766. The van der Waals surface area contributed by atoms with Crippen molar-refractivity contribution in [2.24, 2.45) is 4.99 Å². The minimum Gasteiger partial charge on any atom is -0.484 e. The topological polar surface area (TPSA) is 66.0 Å². The molecule has 0 heterocycles. The van der Waals surface area contributed by atoms with Crippen molar-refractivity contribution in [3.05, 3.63) is 65.7 Å². The van der Waals surface area contributed by atoms with Gasteiger partial charge in [0.2, 0.25) is 0 Å². The summed E-state index contributed by atoms with van der Waals surface area (Å²) in [6.45, 7) is 1.51. The molecule has 0 aliphatic rings. The summed E-state index contributed by atoms with van der Waals surface area (Å²) in [5, 5.41) is 6.64. The van der Waals surface area contributed by atoms with Crippen molar-refractivity contribution >= 4 is 35.8 Å². The average molecular weight is 510 g/mol. The molecule has 0 saturated heterocycles. The fourth-order valence-corrected chi connectivity index (χ4v) is 2.57. The van der Waals surface area contributed by atoms with Crippen molar-refractivity contribution < 1.29 is 9.53 Å². The Kier molecular flexibility index (Phi) is 11.8. The number of aliphatic imine (C=N–C) groups is 1. The van der Waals surface area contributed by atoms with Gasteiger partial charge in [0, 0.05) is 34.2 Å². The monoisotopic (exact) mass is 510 g/mol. The van der Waals surface area contributed by atoms with E-state index in [1.807, 2.05) is 30.3 Å². The molecule has 0 radical (unpaired) electrons. The number of hydrogen-bond donors (Lipinski definition) is 2. The number of nitrogens with one attached hydrogen (secondary N) is 2. The first-order chi connectivity index (χ1) is 13.6. The highest BCUT2D eigenvalue weighted by molar-refractivity contribution is 14.0. The van der Waals surface area contributed by atoms with Crippen LogP contribution in [0.5, 0.6) is 5.75 Å². The lowest BCUT2D eigenvalue weighted by atomic mass is 10.1. The van der Waals surface area contributed by atoms with E-state index in [2.05, 4.69) is 39.9 Å². The summed E-state index contributed by atoms with van der Waals surface area (Å²) in [4.78, 5) is 17.4. The molecule has 0 aliphatic carbocycles. The van der Waals surface area contributed by atoms with Gasteiger partial charge in [-0.1, -0.05) is 42.5 Å². The van der Waals surface area contributed by atoms with E-state index in [1.54, 1.807) is 21.1 Å². The zero-order valence-electron chi connectivity index (χ0n) is 17.4. The number of halogens is 1. The maximum atomic E-state index is 11.6. The molecule has 2 N–H and O–H groups in total. The minimum absolute atomic E-state index is 0. The predicted octanol–water partition coefficient (Wildman–Crippen LogP) is 3.07. The maximum Gasteiger partial charge on any atom is 0.259 e.